The molecule has 7 heavy (non-hydrogen) atoms. The predicted molar refractivity (Wildman–Crippen MR) is 28.6 cm³/mol. The third-order valence-electron chi connectivity index (χ3n) is 0.412. The topological polar surface area (TPSA) is 43.1 Å². The minimum absolute atomic E-state index is 0.0486. The molecule has 0 bridgehead atoms. The molecular formula is C5H9NO. The summed E-state index contributed by atoms with van der Waals surface area (Å²) in [6.45, 7) is 3.48. The zero-order valence-corrected chi connectivity index (χ0v) is 4.43. The molecule has 0 aromatic carbocycles. The maximum atomic E-state index is 10.4. The zero-order valence-electron chi connectivity index (χ0n) is 6.43. The number of nitrogens with two attached hydrogens (primary N) is 1. The molecule has 40 valence electrons. The molecule has 0 fully saturated rings. The van der Waals surface area contributed by atoms with Gasteiger partial charge in [0.2, 0.25) is 5.91 Å². The van der Waals surface area contributed by atoms with Crippen LogP contribution in [0.2, 0.25) is 2.82 Å². The molecule has 2 N–H and O–H groups in total. The van der Waals surface area contributed by atoms with Gasteiger partial charge in [0.1, 0.15) is 0 Å². The van der Waals surface area contributed by atoms with Crippen LogP contribution >= 0.6 is 0 Å². The van der Waals surface area contributed by atoms with Crippen LogP contribution in [0, 0.1) is 0 Å². The SMILES string of the molecule is [2H]N([2H])C(=O)C=C(C)C. The van der Waals surface area contributed by atoms with Crippen molar-refractivity contribution < 1.29 is 7.62 Å². The van der Waals surface area contributed by atoms with Gasteiger partial charge >= 0.3 is 0 Å². The lowest BCUT2D eigenvalue weighted by atomic mass is 10.3. The van der Waals surface area contributed by atoms with Crippen molar-refractivity contribution in [3.63, 3.8) is 0 Å². The Bertz CT molecular complexity index is 138. The largest absolute Gasteiger partial charge is 0.366 e. The monoisotopic (exact) mass is 101 g/mol. The summed E-state index contributed by atoms with van der Waals surface area (Å²) in [4.78, 5) is 10.4. The molecule has 0 unspecified atom stereocenters. The van der Waals surface area contributed by atoms with Gasteiger partial charge in [0, 0.05) is 6.08 Å². The van der Waals surface area contributed by atoms with Crippen LogP contribution in [0.25, 0.3) is 0 Å². The first-order valence-electron chi connectivity index (χ1n) is 2.90. The second-order valence-corrected chi connectivity index (χ2v) is 1.56. The van der Waals surface area contributed by atoms with Crippen molar-refractivity contribution in [3.05, 3.63) is 11.6 Å². The lowest BCUT2D eigenvalue weighted by Gasteiger charge is -1.80. The van der Waals surface area contributed by atoms with E-state index in [1.807, 2.05) is 0 Å². The van der Waals surface area contributed by atoms with Crippen molar-refractivity contribution in [3.8, 4) is 0 Å². The molecule has 0 heterocycles. The van der Waals surface area contributed by atoms with E-state index in [-0.39, 0.29) is 5.72 Å². The Morgan fingerprint density at radius 3 is 2.57 bits per heavy atom. The van der Waals surface area contributed by atoms with E-state index in [4.69, 9.17) is 2.82 Å². The third-order valence-corrected chi connectivity index (χ3v) is 0.412. The summed E-state index contributed by atoms with van der Waals surface area (Å²) in [6, 6.07) is 0. The van der Waals surface area contributed by atoms with E-state index >= 15 is 0 Å². The summed E-state index contributed by atoms with van der Waals surface area (Å²) in [7, 11) is 0. The molecule has 0 aliphatic heterocycles. The number of carbonyl (C=O) groups excluding carboxylic acids is 1. The Kier molecular flexibility index (Phi) is 1.11. The molecule has 0 radical (unpaired) electrons. The number of rotatable bonds is 1. The average Bonchev–Trinajstić information content (AvgIpc) is 1.63. The predicted octanol–water partition coefficient (Wildman–Crippen LogP) is 0.438. The van der Waals surface area contributed by atoms with E-state index in [0.717, 1.165) is 5.57 Å². The standard InChI is InChI=1S/C5H9NO/c1-4(2)3-5(6)7/h3H,1-2H3,(H2,6,7)/i/hD2. The maximum absolute atomic E-state index is 10.4. The highest BCUT2D eigenvalue weighted by Gasteiger charge is 1.80. The molecule has 0 atom stereocenters. The van der Waals surface area contributed by atoms with Gasteiger partial charge in [0.15, 0.2) is 2.82 Å². The number of amides is 1. The van der Waals surface area contributed by atoms with Crippen LogP contribution in [0.15, 0.2) is 11.6 Å². The van der Waals surface area contributed by atoms with E-state index in [0.29, 0.717) is 0 Å². The molecule has 2 nitrogen and oxygen atoms in total. The van der Waals surface area contributed by atoms with Crippen LogP contribution in [-0.2, 0) is 4.79 Å². The number of allylic oxidation sites excluding steroid dienone is 1. The molecule has 0 rings (SSSR count). The molecule has 1 amide bonds. The first kappa shape index (κ1) is 3.24. The normalized spacial score (nSPS) is 11.1. The van der Waals surface area contributed by atoms with Crippen molar-refractivity contribution >= 4 is 5.91 Å². The minimum atomic E-state index is -0.616. The molecule has 0 spiro atoms. The van der Waals surface area contributed by atoms with Gasteiger partial charge in [0.25, 0.3) is 0 Å². The lowest BCUT2D eigenvalue weighted by Crippen LogP contribution is -2.05. The molecule has 0 saturated heterocycles. The fourth-order valence-electron chi connectivity index (χ4n) is 0.247. The fraction of sp³-hybridized carbons (Fsp3) is 0.400. The fourth-order valence-corrected chi connectivity index (χ4v) is 0.247. The average molecular weight is 101 g/mol. The Hall–Kier alpha value is -0.790. The van der Waals surface area contributed by atoms with Gasteiger partial charge < -0.3 is 5.72 Å². The molecule has 0 aliphatic rings. The highest BCUT2D eigenvalue weighted by atomic mass is 16.1. The van der Waals surface area contributed by atoms with Crippen LogP contribution in [0.5, 0.6) is 0 Å². The maximum Gasteiger partial charge on any atom is 0.241 e. The summed E-state index contributed by atoms with van der Waals surface area (Å²) in [5.74, 6) is -0.616. The summed E-state index contributed by atoms with van der Waals surface area (Å²) in [6.07, 6.45) is 1.24. The van der Waals surface area contributed by atoms with Crippen molar-refractivity contribution in [1.29, 1.82) is 0 Å². The van der Waals surface area contributed by atoms with Crippen LogP contribution in [0.4, 0.5) is 0 Å². The van der Waals surface area contributed by atoms with Crippen LogP contribution in [-0.4, -0.2) is 5.91 Å². The highest BCUT2D eigenvalue weighted by Crippen LogP contribution is 1.84. The summed E-state index contributed by atoms with van der Waals surface area (Å²) < 4.78 is 13.0. The Morgan fingerprint density at radius 1 is 1.86 bits per heavy atom. The summed E-state index contributed by atoms with van der Waals surface area (Å²) >= 11 is 0. The smallest absolute Gasteiger partial charge is 0.241 e. The van der Waals surface area contributed by atoms with E-state index in [1.165, 1.54) is 6.08 Å². The van der Waals surface area contributed by atoms with Crippen LogP contribution in [0.1, 0.15) is 13.8 Å². The number of primary amides is 1. The van der Waals surface area contributed by atoms with Crippen LogP contribution in [0.3, 0.4) is 0 Å². The van der Waals surface area contributed by atoms with E-state index < -0.39 is 5.91 Å². The van der Waals surface area contributed by atoms with E-state index in [9.17, 15) is 4.79 Å². The molecule has 2 heteroatoms. The molecule has 0 aliphatic carbocycles. The van der Waals surface area contributed by atoms with Gasteiger partial charge in [0.05, 0.1) is 0 Å². The number of hydrogen-bond donors (Lipinski definition) is 1. The second-order valence-electron chi connectivity index (χ2n) is 1.56. The Balaban J connectivity index is 3.93. The van der Waals surface area contributed by atoms with Gasteiger partial charge in [-0.1, -0.05) is 5.57 Å². The lowest BCUT2D eigenvalue weighted by molar-refractivity contribution is -0.113. The quantitative estimate of drug-likeness (QED) is 0.478. The molecule has 0 saturated carbocycles. The molecule has 0 aromatic heterocycles. The van der Waals surface area contributed by atoms with Gasteiger partial charge in [-0.3, -0.25) is 4.79 Å². The third kappa shape index (κ3) is 5.21. The van der Waals surface area contributed by atoms with Gasteiger partial charge in [-0.2, -0.15) is 0 Å². The second kappa shape index (κ2) is 2.39. The molecule has 0 aromatic rings. The number of hydrogen-bond acceptors (Lipinski definition) is 1. The van der Waals surface area contributed by atoms with Crippen molar-refractivity contribution in [2.45, 2.75) is 13.8 Å². The van der Waals surface area contributed by atoms with Gasteiger partial charge in [-0.15, -0.1) is 0 Å². The number of carbonyl (C=O) groups is 1. The van der Waals surface area contributed by atoms with Gasteiger partial charge in [-0.25, -0.2) is 0 Å². The first-order chi connectivity index (χ1) is 4.04. The zero-order chi connectivity index (χ0) is 7.44. The Morgan fingerprint density at radius 2 is 2.43 bits per heavy atom. The van der Waals surface area contributed by atoms with E-state index in [1.54, 1.807) is 13.8 Å². The van der Waals surface area contributed by atoms with Crippen molar-refractivity contribution in [1.82, 2.24) is 0 Å². The van der Waals surface area contributed by atoms with Crippen LogP contribution < -0.4 is 5.72 Å². The molecular weight excluding hydrogens is 90.1 g/mol. The van der Waals surface area contributed by atoms with Crippen molar-refractivity contribution in [2.24, 2.45) is 5.72 Å². The van der Waals surface area contributed by atoms with Crippen molar-refractivity contribution in [2.75, 3.05) is 0 Å². The summed E-state index contributed by atoms with van der Waals surface area (Å²) in [5, 5.41) is 0. The van der Waals surface area contributed by atoms with E-state index in [2.05, 4.69) is 0 Å². The first-order valence-corrected chi connectivity index (χ1v) is 2.01. The minimum Gasteiger partial charge on any atom is -0.366 e. The highest BCUT2D eigenvalue weighted by molar-refractivity contribution is 5.86. The summed E-state index contributed by atoms with van der Waals surface area (Å²) in [5.41, 5.74) is 0.844. The van der Waals surface area contributed by atoms with Gasteiger partial charge in [-0.05, 0) is 13.8 Å². The Labute approximate surface area is 45.9 Å².